The van der Waals surface area contributed by atoms with Gasteiger partial charge in [0.25, 0.3) is 0 Å². The van der Waals surface area contributed by atoms with Gasteiger partial charge in [0, 0.05) is 11.9 Å². The normalized spacial score (nSPS) is 10.0. The van der Waals surface area contributed by atoms with Crippen molar-refractivity contribution in [1.82, 2.24) is 0 Å². The van der Waals surface area contributed by atoms with Gasteiger partial charge < -0.3 is 19.8 Å². The van der Waals surface area contributed by atoms with Gasteiger partial charge in [-0.2, -0.15) is 0 Å². The maximum atomic E-state index is 10.2. The zero-order valence-corrected chi connectivity index (χ0v) is 23.0. The van der Waals surface area contributed by atoms with E-state index in [0.29, 0.717) is 0 Å². The van der Waals surface area contributed by atoms with Gasteiger partial charge in [0.1, 0.15) is 0 Å². The van der Waals surface area contributed by atoms with Crippen LogP contribution in [-0.2, 0) is 9.59 Å². The number of hydrogen-bond acceptors (Lipinski definition) is 4. The van der Waals surface area contributed by atoms with Crippen molar-refractivity contribution in [3.63, 3.8) is 0 Å². The SMILES string of the molecule is CCCCCCCC(=O)[O-].CCCCCCCCCCCCCCCC(=O)[O-].[Sr+2]. The molecule has 0 saturated carbocycles. The molecular weight excluding hydrogens is 440 g/mol. The van der Waals surface area contributed by atoms with Gasteiger partial charge in [0.2, 0.25) is 0 Å². The van der Waals surface area contributed by atoms with Crippen LogP contribution in [0.25, 0.3) is 0 Å². The number of carboxylic acid groups (broad SMARTS) is 2. The Labute approximate surface area is 217 Å². The van der Waals surface area contributed by atoms with Gasteiger partial charge in [-0.3, -0.25) is 0 Å². The average Bonchev–Trinajstić information content (AvgIpc) is 2.65. The minimum absolute atomic E-state index is 0. The number of hydrogen-bond donors (Lipinski definition) is 0. The van der Waals surface area contributed by atoms with E-state index < -0.39 is 11.9 Å². The maximum Gasteiger partial charge on any atom is 2.00 e. The van der Waals surface area contributed by atoms with Crippen molar-refractivity contribution in [1.29, 1.82) is 0 Å². The van der Waals surface area contributed by atoms with E-state index in [1.54, 1.807) is 0 Å². The maximum absolute atomic E-state index is 10.2. The second-order valence-corrected chi connectivity index (χ2v) is 7.90. The molecule has 4 nitrogen and oxygen atoms in total. The van der Waals surface area contributed by atoms with Crippen molar-refractivity contribution in [3.8, 4) is 0 Å². The number of unbranched alkanes of at least 4 members (excludes halogenated alkanes) is 16. The van der Waals surface area contributed by atoms with Crippen LogP contribution in [0.15, 0.2) is 0 Å². The Morgan fingerprint density at radius 2 is 0.655 bits per heavy atom. The molecule has 0 radical (unpaired) electrons. The summed E-state index contributed by atoms with van der Waals surface area (Å²) in [4.78, 5) is 20.1. The molecule has 0 aliphatic carbocycles. The van der Waals surface area contributed by atoms with Crippen LogP contribution >= 0.6 is 0 Å². The predicted octanol–water partition coefficient (Wildman–Crippen LogP) is 4.93. The van der Waals surface area contributed by atoms with Crippen molar-refractivity contribution in [2.75, 3.05) is 0 Å². The summed E-state index contributed by atoms with van der Waals surface area (Å²) in [5, 5.41) is 20.1. The molecule has 0 amide bonds. The van der Waals surface area contributed by atoms with Gasteiger partial charge in [-0.05, 0) is 25.7 Å². The topological polar surface area (TPSA) is 80.3 Å². The Kier molecular flexibility index (Phi) is 35.9. The van der Waals surface area contributed by atoms with Crippen molar-refractivity contribution < 1.29 is 19.8 Å². The first-order valence-electron chi connectivity index (χ1n) is 11.9. The fraction of sp³-hybridized carbons (Fsp3) is 0.917. The Balaban J connectivity index is -0.000000525. The molecule has 0 bridgehead atoms. The molecule has 0 spiro atoms. The van der Waals surface area contributed by atoms with Gasteiger partial charge >= 0.3 is 45.5 Å². The molecule has 0 aromatic rings. The summed E-state index contributed by atoms with van der Waals surface area (Å²) in [6.45, 7) is 4.39. The number of aliphatic carboxylic acids is 2. The fourth-order valence-corrected chi connectivity index (χ4v) is 3.16. The van der Waals surface area contributed by atoms with Gasteiger partial charge in [0.15, 0.2) is 0 Å². The number of carboxylic acids is 2. The van der Waals surface area contributed by atoms with Gasteiger partial charge in [-0.25, -0.2) is 0 Å². The third kappa shape index (κ3) is 39.5. The Morgan fingerprint density at radius 1 is 0.448 bits per heavy atom. The quantitative estimate of drug-likeness (QED) is 0.181. The standard InChI is InChI=1S/C16H32O2.C8H16O2.Sr/c1-2-3-4-5-6-7-8-9-10-11-12-13-14-15-16(17)18;1-2-3-4-5-6-7-8(9)10;/h2-15H2,1H3,(H,17,18);2-7H2,1H3,(H,9,10);/q;;+2/p-2. The van der Waals surface area contributed by atoms with Gasteiger partial charge in [-0.15, -0.1) is 0 Å². The summed E-state index contributed by atoms with van der Waals surface area (Å²) < 4.78 is 0. The first kappa shape index (κ1) is 34.0. The molecule has 0 atom stereocenters. The van der Waals surface area contributed by atoms with Crippen molar-refractivity contribution in [2.45, 2.75) is 142 Å². The van der Waals surface area contributed by atoms with E-state index in [1.807, 2.05) is 0 Å². The molecular formula is C24H46O4Sr. The number of carbonyl (C=O) groups excluding carboxylic acids is 2. The molecule has 168 valence electrons. The Morgan fingerprint density at radius 3 is 0.862 bits per heavy atom. The summed E-state index contributed by atoms with van der Waals surface area (Å²) in [5.41, 5.74) is 0. The summed E-state index contributed by atoms with van der Waals surface area (Å²) >= 11 is 0. The second-order valence-electron chi connectivity index (χ2n) is 7.90. The van der Waals surface area contributed by atoms with E-state index in [4.69, 9.17) is 0 Å². The van der Waals surface area contributed by atoms with Crippen LogP contribution in [0.1, 0.15) is 142 Å². The minimum atomic E-state index is -0.920. The first-order chi connectivity index (χ1) is 13.5. The minimum Gasteiger partial charge on any atom is -0.550 e. The Hall–Kier alpha value is 0.421. The molecule has 0 aromatic heterocycles. The zero-order chi connectivity index (χ0) is 21.3. The van der Waals surface area contributed by atoms with Crippen LogP contribution in [0.5, 0.6) is 0 Å². The van der Waals surface area contributed by atoms with Gasteiger partial charge in [-0.1, -0.05) is 117 Å². The third-order valence-corrected chi connectivity index (χ3v) is 4.97. The van der Waals surface area contributed by atoms with Crippen LogP contribution in [0.4, 0.5) is 0 Å². The number of rotatable bonds is 20. The molecule has 0 unspecified atom stereocenters. The second kappa shape index (κ2) is 30.6. The van der Waals surface area contributed by atoms with Crippen molar-refractivity contribution >= 4 is 57.4 Å². The van der Waals surface area contributed by atoms with E-state index >= 15 is 0 Å². The van der Waals surface area contributed by atoms with E-state index in [-0.39, 0.29) is 58.3 Å². The molecule has 29 heavy (non-hydrogen) atoms. The van der Waals surface area contributed by atoms with Gasteiger partial charge in [0.05, 0.1) is 0 Å². The van der Waals surface area contributed by atoms with Crippen LogP contribution < -0.4 is 10.2 Å². The Bertz CT molecular complexity index is 335. The van der Waals surface area contributed by atoms with E-state index in [2.05, 4.69) is 13.8 Å². The fourth-order valence-electron chi connectivity index (χ4n) is 3.16. The van der Waals surface area contributed by atoms with Crippen molar-refractivity contribution in [3.05, 3.63) is 0 Å². The molecule has 0 aliphatic heterocycles. The molecule has 0 fully saturated rings. The molecule has 0 aliphatic rings. The average molecular weight is 486 g/mol. The monoisotopic (exact) mass is 486 g/mol. The summed E-state index contributed by atoms with van der Waals surface area (Å²) in [7, 11) is 0. The predicted molar refractivity (Wildman–Crippen MR) is 119 cm³/mol. The molecule has 0 heterocycles. The number of carbonyl (C=O) groups is 2. The molecule has 0 aromatic carbocycles. The molecule has 0 rings (SSSR count). The third-order valence-electron chi connectivity index (χ3n) is 4.97. The summed E-state index contributed by atoms with van der Waals surface area (Å²) in [5.74, 6) is -1.82. The molecule has 5 heteroatoms. The molecule has 0 saturated heterocycles. The van der Waals surface area contributed by atoms with Crippen LogP contribution in [0.3, 0.4) is 0 Å². The zero-order valence-electron chi connectivity index (χ0n) is 19.5. The van der Waals surface area contributed by atoms with Crippen molar-refractivity contribution in [2.24, 2.45) is 0 Å². The van der Waals surface area contributed by atoms with Crippen LogP contribution in [0, 0.1) is 0 Å². The smallest absolute Gasteiger partial charge is 0.550 e. The summed E-state index contributed by atoms with van der Waals surface area (Å²) in [6, 6.07) is 0. The van der Waals surface area contributed by atoms with Crippen LogP contribution in [-0.4, -0.2) is 57.4 Å². The van der Waals surface area contributed by atoms with E-state index in [0.717, 1.165) is 32.1 Å². The van der Waals surface area contributed by atoms with Crippen LogP contribution in [0.2, 0.25) is 0 Å². The largest absolute Gasteiger partial charge is 2.00 e. The summed E-state index contributed by atoms with van der Waals surface area (Å²) in [6.07, 6.45) is 22.5. The van der Waals surface area contributed by atoms with E-state index in [9.17, 15) is 19.8 Å². The van der Waals surface area contributed by atoms with E-state index in [1.165, 1.54) is 83.5 Å². The first-order valence-corrected chi connectivity index (χ1v) is 11.9. The molecule has 0 N–H and O–H groups in total.